The number of rotatable bonds is 6. The van der Waals surface area contributed by atoms with E-state index in [0.717, 1.165) is 25.6 Å². The Hall–Kier alpha value is -2.94. The number of nitrogens with zero attached hydrogens (tertiary/aromatic N) is 5. The lowest BCUT2D eigenvalue weighted by Crippen LogP contribution is -2.24. The zero-order chi connectivity index (χ0) is 20.4. The minimum atomic E-state index is -0.528. The molecule has 4 heterocycles. The first kappa shape index (κ1) is 19.4. The molecule has 1 unspecified atom stereocenters. The molecule has 8 nitrogen and oxygen atoms in total. The van der Waals surface area contributed by atoms with Crippen molar-refractivity contribution < 1.29 is 18.7 Å². The summed E-state index contributed by atoms with van der Waals surface area (Å²) >= 11 is 5.58. The van der Waals surface area contributed by atoms with Gasteiger partial charge >= 0.3 is 5.97 Å². The monoisotopic (exact) mass is 419 g/mol. The van der Waals surface area contributed by atoms with Crippen molar-refractivity contribution in [2.75, 3.05) is 31.0 Å². The van der Waals surface area contributed by atoms with Gasteiger partial charge in [-0.1, -0.05) is 0 Å². The van der Waals surface area contributed by atoms with Crippen LogP contribution < -0.4 is 9.64 Å². The van der Waals surface area contributed by atoms with Crippen LogP contribution in [0.1, 0.15) is 34.8 Å². The van der Waals surface area contributed by atoms with Crippen LogP contribution in [0.4, 0.5) is 10.2 Å². The number of esters is 1. The summed E-state index contributed by atoms with van der Waals surface area (Å²) in [6.07, 6.45) is 5.99. The van der Waals surface area contributed by atoms with Crippen molar-refractivity contribution in [3.05, 3.63) is 47.7 Å². The topological polar surface area (TPSA) is 81.8 Å². The van der Waals surface area contributed by atoms with Gasteiger partial charge in [-0.15, -0.1) is 11.6 Å². The van der Waals surface area contributed by atoms with E-state index in [4.69, 9.17) is 21.1 Å². The summed E-state index contributed by atoms with van der Waals surface area (Å²) in [5, 5.41) is 4.15. The van der Waals surface area contributed by atoms with Crippen molar-refractivity contribution >= 4 is 29.0 Å². The first-order chi connectivity index (χ1) is 14.1. The Bertz CT molecular complexity index is 1040. The van der Waals surface area contributed by atoms with Crippen LogP contribution in [0.25, 0.3) is 5.65 Å². The molecule has 0 bridgehead atoms. The summed E-state index contributed by atoms with van der Waals surface area (Å²) in [6.45, 7) is 0.839. The van der Waals surface area contributed by atoms with Crippen LogP contribution in [-0.4, -0.2) is 51.7 Å². The summed E-state index contributed by atoms with van der Waals surface area (Å²) < 4.78 is 25.8. The van der Waals surface area contributed by atoms with Gasteiger partial charge in [-0.05, 0) is 25.0 Å². The first-order valence-corrected chi connectivity index (χ1v) is 9.69. The molecule has 1 fully saturated rings. The molecule has 3 aromatic heterocycles. The number of fused-ring (bicyclic) bond motifs is 1. The third-order valence-corrected chi connectivity index (χ3v) is 4.98. The summed E-state index contributed by atoms with van der Waals surface area (Å²) in [7, 11) is 1.51. The van der Waals surface area contributed by atoms with Crippen molar-refractivity contribution in [2.45, 2.75) is 18.9 Å². The normalized spacial score (nSPS) is 16.4. The van der Waals surface area contributed by atoms with E-state index in [9.17, 15) is 9.18 Å². The van der Waals surface area contributed by atoms with Gasteiger partial charge in [0.2, 0.25) is 5.88 Å². The molecule has 0 spiro atoms. The molecule has 0 saturated carbocycles. The number of anilines is 1. The molecule has 1 atom stereocenters. The molecular formula is C19H19ClFN5O3. The highest BCUT2D eigenvalue weighted by Crippen LogP contribution is 2.38. The van der Waals surface area contributed by atoms with Crippen LogP contribution in [0.15, 0.2) is 30.7 Å². The third-order valence-electron chi connectivity index (χ3n) is 4.83. The van der Waals surface area contributed by atoms with Crippen LogP contribution in [0.3, 0.4) is 0 Å². The van der Waals surface area contributed by atoms with Crippen LogP contribution in [0.5, 0.6) is 5.88 Å². The number of alkyl halides is 1. The Balaban J connectivity index is 1.70. The van der Waals surface area contributed by atoms with Crippen molar-refractivity contribution in [2.24, 2.45) is 0 Å². The van der Waals surface area contributed by atoms with E-state index >= 15 is 0 Å². The van der Waals surface area contributed by atoms with Crippen molar-refractivity contribution in [3.8, 4) is 5.88 Å². The van der Waals surface area contributed by atoms with Gasteiger partial charge in [0.15, 0.2) is 5.65 Å². The zero-order valence-electron chi connectivity index (χ0n) is 15.7. The maximum absolute atomic E-state index is 13.9. The highest BCUT2D eigenvalue weighted by molar-refractivity contribution is 6.18. The summed E-state index contributed by atoms with van der Waals surface area (Å²) in [4.78, 5) is 23.0. The zero-order valence-corrected chi connectivity index (χ0v) is 16.5. The average Bonchev–Trinajstić information content (AvgIpc) is 3.38. The first-order valence-electron chi connectivity index (χ1n) is 9.16. The largest absolute Gasteiger partial charge is 0.481 e. The number of carbonyl (C=O) groups is 1. The average molecular weight is 420 g/mol. The fourth-order valence-electron chi connectivity index (χ4n) is 3.59. The van der Waals surface area contributed by atoms with Crippen LogP contribution in [0, 0.1) is 5.82 Å². The molecule has 152 valence electrons. The second-order valence-electron chi connectivity index (χ2n) is 6.54. The van der Waals surface area contributed by atoms with E-state index in [0.29, 0.717) is 22.9 Å². The Morgan fingerprint density at radius 1 is 1.41 bits per heavy atom. The second kappa shape index (κ2) is 8.20. The van der Waals surface area contributed by atoms with Crippen LogP contribution in [0.2, 0.25) is 0 Å². The SMILES string of the molecule is COc1ncc(F)cc1C1CCCN1c1ccn2ncc(C(=O)OCCCl)c2n1. The number of aromatic nitrogens is 4. The summed E-state index contributed by atoms with van der Waals surface area (Å²) in [5.41, 5.74) is 1.32. The van der Waals surface area contributed by atoms with Gasteiger partial charge in [0, 0.05) is 18.3 Å². The fourth-order valence-corrected chi connectivity index (χ4v) is 3.67. The fraction of sp³-hybridized carbons (Fsp3) is 0.368. The predicted molar refractivity (Wildman–Crippen MR) is 104 cm³/mol. The smallest absolute Gasteiger partial charge is 0.343 e. The van der Waals surface area contributed by atoms with E-state index in [-0.39, 0.29) is 24.1 Å². The molecule has 0 radical (unpaired) electrons. The van der Waals surface area contributed by atoms with Crippen molar-refractivity contribution in [3.63, 3.8) is 0 Å². The molecule has 0 N–H and O–H groups in total. The number of ether oxygens (including phenoxy) is 2. The van der Waals surface area contributed by atoms with Gasteiger partial charge < -0.3 is 14.4 Å². The quantitative estimate of drug-likeness (QED) is 0.448. The lowest BCUT2D eigenvalue weighted by molar-refractivity contribution is 0.0531. The molecular weight excluding hydrogens is 401 g/mol. The highest BCUT2D eigenvalue weighted by atomic mass is 35.5. The molecule has 0 amide bonds. The number of halogens is 2. The maximum atomic E-state index is 13.9. The lowest BCUT2D eigenvalue weighted by atomic mass is 10.1. The van der Waals surface area contributed by atoms with Gasteiger partial charge in [0.1, 0.15) is 23.8 Å². The Morgan fingerprint density at radius 2 is 2.28 bits per heavy atom. The maximum Gasteiger partial charge on any atom is 0.343 e. The molecule has 3 aromatic rings. The van der Waals surface area contributed by atoms with Gasteiger partial charge in [-0.2, -0.15) is 5.10 Å². The summed E-state index contributed by atoms with van der Waals surface area (Å²) in [5.74, 6) is 0.301. The van der Waals surface area contributed by atoms with E-state index < -0.39 is 11.8 Å². The Morgan fingerprint density at radius 3 is 3.07 bits per heavy atom. The van der Waals surface area contributed by atoms with Crippen LogP contribution in [-0.2, 0) is 4.74 Å². The van der Waals surface area contributed by atoms with Gasteiger partial charge in [0.05, 0.1) is 31.4 Å². The molecule has 0 aromatic carbocycles. The third kappa shape index (κ3) is 3.69. The predicted octanol–water partition coefficient (Wildman–Crippen LogP) is 3.01. The molecule has 29 heavy (non-hydrogen) atoms. The Kier molecular flexibility index (Phi) is 5.48. The molecule has 0 aliphatic carbocycles. The number of pyridine rings is 1. The van der Waals surface area contributed by atoms with Gasteiger partial charge in [-0.3, -0.25) is 0 Å². The van der Waals surface area contributed by atoms with Gasteiger partial charge in [-0.25, -0.2) is 23.7 Å². The van der Waals surface area contributed by atoms with Crippen molar-refractivity contribution in [1.82, 2.24) is 19.6 Å². The van der Waals surface area contributed by atoms with Gasteiger partial charge in [0.25, 0.3) is 0 Å². The van der Waals surface area contributed by atoms with E-state index in [1.165, 1.54) is 23.9 Å². The number of hydrogen-bond acceptors (Lipinski definition) is 7. The van der Waals surface area contributed by atoms with E-state index in [2.05, 4.69) is 20.0 Å². The highest BCUT2D eigenvalue weighted by Gasteiger charge is 2.31. The molecule has 1 saturated heterocycles. The summed E-state index contributed by atoms with van der Waals surface area (Å²) in [6, 6.07) is 3.12. The minimum Gasteiger partial charge on any atom is -0.481 e. The molecule has 10 heteroatoms. The number of hydrogen-bond donors (Lipinski definition) is 0. The molecule has 1 aliphatic heterocycles. The van der Waals surface area contributed by atoms with E-state index in [1.54, 1.807) is 6.20 Å². The lowest BCUT2D eigenvalue weighted by Gasteiger charge is -2.26. The van der Waals surface area contributed by atoms with Crippen molar-refractivity contribution in [1.29, 1.82) is 0 Å². The standard InChI is InChI=1S/C19H19ClFN5O3/c1-28-18-13(9-12(21)10-22-18)15-3-2-6-25(15)16-4-7-26-17(24-16)14(11-23-26)19(27)29-8-5-20/h4,7,9-11,15H,2-3,5-6,8H2,1H3. The van der Waals surface area contributed by atoms with Crippen LogP contribution >= 0.6 is 11.6 Å². The van der Waals surface area contributed by atoms with E-state index in [1.807, 2.05) is 6.07 Å². The second-order valence-corrected chi connectivity index (χ2v) is 6.92. The number of methoxy groups -OCH3 is 1. The molecule has 4 rings (SSSR count). The number of carbonyl (C=O) groups excluding carboxylic acids is 1. The molecule has 1 aliphatic rings. The minimum absolute atomic E-state index is 0.109. The Labute approximate surface area is 171 Å².